The van der Waals surface area contributed by atoms with Crippen LogP contribution in [-0.2, 0) is 17.9 Å². The summed E-state index contributed by atoms with van der Waals surface area (Å²) in [6, 6.07) is 23.6. The van der Waals surface area contributed by atoms with E-state index in [4.69, 9.17) is 14.8 Å². The highest BCUT2D eigenvalue weighted by atomic mass is 28.3. The topological polar surface area (TPSA) is 77.3 Å². The van der Waals surface area contributed by atoms with Crippen LogP contribution in [0.2, 0.25) is 25.7 Å². The summed E-state index contributed by atoms with van der Waals surface area (Å²) in [7, 11) is -1.16. The van der Waals surface area contributed by atoms with Crippen molar-refractivity contribution in [2.24, 2.45) is 0 Å². The van der Waals surface area contributed by atoms with Crippen LogP contribution in [0.5, 0.6) is 0 Å². The number of ether oxygens (including phenoxy) is 1. The first-order valence-electron chi connectivity index (χ1n) is 14.0. The predicted molar refractivity (Wildman–Crippen MR) is 164 cm³/mol. The summed E-state index contributed by atoms with van der Waals surface area (Å²) in [5, 5.41) is 6.77. The van der Waals surface area contributed by atoms with Gasteiger partial charge < -0.3 is 4.74 Å². The molecule has 0 radical (unpaired) electrons. The molecule has 8 heteroatoms. The van der Waals surface area contributed by atoms with Gasteiger partial charge in [-0.3, -0.25) is 19.5 Å². The van der Waals surface area contributed by atoms with Crippen LogP contribution in [-0.4, -0.2) is 46.2 Å². The van der Waals surface area contributed by atoms with Gasteiger partial charge in [-0.15, -0.1) is 0 Å². The molecule has 0 spiro atoms. The van der Waals surface area contributed by atoms with Gasteiger partial charge in [0.25, 0.3) is 11.8 Å². The van der Waals surface area contributed by atoms with E-state index < -0.39 is 14.1 Å². The van der Waals surface area contributed by atoms with E-state index in [1.807, 2.05) is 54.2 Å². The van der Waals surface area contributed by atoms with Crippen LogP contribution >= 0.6 is 0 Å². The molecule has 0 bridgehead atoms. The van der Waals surface area contributed by atoms with Crippen molar-refractivity contribution in [1.82, 2.24) is 19.7 Å². The van der Waals surface area contributed by atoms with Crippen LogP contribution in [0.4, 0.5) is 0 Å². The van der Waals surface area contributed by atoms with Crippen molar-refractivity contribution in [3.05, 3.63) is 107 Å². The Kier molecular flexibility index (Phi) is 7.05. The average molecular weight is 563 g/mol. The average Bonchev–Trinajstić information content (AvgIpc) is 3.48. The smallest absolute Gasteiger partial charge is 0.262 e. The number of amides is 2. The molecule has 41 heavy (non-hydrogen) atoms. The van der Waals surface area contributed by atoms with E-state index in [1.165, 1.54) is 4.90 Å². The van der Waals surface area contributed by atoms with Crippen molar-refractivity contribution in [3.63, 3.8) is 0 Å². The van der Waals surface area contributed by atoms with E-state index in [9.17, 15) is 9.59 Å². The zero-order valence-corrected chi connectivity index (χ0v) is 24.9. The van der Waals surface area contributed by atoms with Crippen molar-refractivity contribution in [2.75, 3.05) is 6.61 Å². The molecule has 7 nitrogen and oxygen atoms in total. The third kappa shape index (κ3) is 5.45. The molecule has 1 aliphatic rings. The van der Waals surface area contributed by atoms with Gasteiger partial charge in [0.15, 0.2) is 0 Å². The number of pyridine rings is 1. The molecule has 0 fully saturated rings. The van der Waals surface area contributed by atoms with Crippen molar-refractivity contribution in [1.29, 1.82) is 0 Å². The standard InChI is InChI=1S/C33H34N4O3Si/c1-22-17-23(18-25-20-36(35-31(22)25)21-40-15-16-41(2,3)4)19-30(29-14-13-24-9-5-8-12-28(24)34-29)37-32(38)26-10-6-7-11-27(26)33(37)39/h5-14,17-18,20,30H,15-16,19,21H2,1-4H3. The minimum Gasteiger partial charge on any atom is -0.360 e. The summed E-state index contributed by atoms with van der Waals surface area (Å²) in [6.07, 6.45) is 2.44. The SMILES string of the molecule is Cc1cc(CC(c2ccc3ccccc3n2)N2C(=O)c3ccccc3C2=O)cc2cn(COCC[Si](C)(C)C)nc12. The first kappa shape index (κ1) is 27.0. The first-order valence-corrected chi connectivity index (χ1v) is 17.8. The monoisotopic (exact) mass is 562 g/mol. The molecular weight excluding hydrogens is 528 g/mol. The number of hydrogen-bond donors (Lipinski definition) is 0. The lowest BCUT2D eigenvalue weighted by Crippen LogP contribution is -2.35. The number of benzene rings is 3. The Hall–Kier alpha value is -4.14. The Morgan fingerprint density at radius 3 is 2.32 bits per heavy atom. The van der Waals surface area contributed by atoms with Crippen molar-refractivity contribution in [3.8, 4) is 0 Å². The molecule has 0 N–H and O–H groups in total. The maximum atomic E-state index is 13.6. The summed E-state index contributed by atoms with van der Waals surface area (Å²) in [5.41, 5.74) is 5.34. The number of para-hydroxylation sites is 1. The number of rotatable bonds is 9. The van der Waals surface area contributed by atoms with Crippen LogP contribution in [0.15, 0.2) is 79.0 Å². The Labute approximate surface area is 240 Å². The zero-order valence-electron chi connectivity index (χ0n) is 23.9. The summed E-state index contributed by atoms with van der Waals surface area (Å²) >= 11 is 0. The molecule has 2 amide bonds. The zero-order chi connectivity index (χ0) is 28.7. The lowest BCUT2D eigenvalue weighted by atomic mass is 9.97. The second kappa shape index (κ2) is 10.7. The van der Waals surface area contributed by atoms with E-state index in [0.717, 1.165) is 45.6 Å². The van der Waals surface area contributed by atoms with Gasteiger partial charge in [0.05, 0.1) is 33.9 Å². The highest BCUT2D eigenvalue weighted by molar-refractivity contribution is 6.76. The summed E-state index contributed by atoms with van der Waals surface area (Å²) in [5.74, 6) is -0.571. The molecule has 2 aromatic heterocycles. The number of imide groups is 1. The third-order valence-corrected chi connectivity index (χ3v) is 9.36. The number of aromatic nitrogens is 3. The molecule has 208 valence electrons. The van der Waals surface area contributed by atoms with Gasteiger partial charge in [-0.1, -0.05) is 62.1 Å². The van der Waals surface area contributed by atoms with Gasteiger partial charge in [-0.2, -0.15) is 5.10 Å². The van der Waals surface area contributed by atoms with Gasteiger partial charge in [0.2, 0.25) is 0 Å². The maximum absolute atomic E-state index is 13.6. The van der Waals surface area contributed by atoms with E-state index in [2.05, 4.69) is 31.8 Å². The highest BCUT2D eigenvalue weighted by Crippen LogP contribution is 2.34. The number of fused-ring (bicyclic) bond motifs is 3. The number of carbonyl (C=O) groups is 2. The Morgan fingerprint density at radius 2 is 1.59 bits per heavy atom. The molecule has 0 aliphatic carbocycles. The van der Waals surface area contributed by atoms with E-state index in [0.29, 0.717) is 30.0 Å². The largest absolute Gasteiger partial charge is 0.360 e. The lowest BCUT2D eigenvalue weighted by Gasteiger charge is -2.26. The quantitative estimate of drug-likeness (QED) is 0.112. The number of nitrogens with zero attached hydrogens (tertiary/aromatic N) is 4. The van der Waals surface area contributed by atoms with Crippen molar-refractivity contribution < 1.29 is 14.3 Å². The van der Waals surface area contributed by atoms with Crippen LogP contribution < -0.4 is 0 Å². The van der Waals surface area contributed by atoms with Crippen LogP contribution in [0.3, 0.4) is 0 Å². The Morgan fingerprint density at radius 1 is 0.878 bits per heavy atom. The molecule has 5 aromatic rings. The minimum atomic E-state index is -1.16. The van der Waals surface area contributed by atoms with E-state index >= 15 is 0 Å². The van der Waals surface area contributed by atoms with Gasteiger partial charge in [0, 0.05) is 31.7 Å². The molecule has 1 aliphatic heterocycles. The second-order valence-electron chi connectivity index (χ2n) is 12.0. The molecule has 1 atom stereocenters. The number of carbonyl (C=O) groups excluding carboxylic acids is 2. The fourth-order valence-electron chi connectivity index (χ4n) is 5.47. The van der Waals surface area contributed by atoms with Crippen molar-refractivity contribution in [2.45, 2.75) is 51.8 Å². The molecule has 3 heterocycles. The minimum absolute atomic E-state index is 0.286. The number of hydrogen-bond acceptors (Lipinski definition) is 5. The highest BCUT2D eigenvalue weighted by Gasteiger charge is 2.41. The van der Waals surface area contributed by atoms with Crippen LogP contribution in [0.25, 0.3) is 21.8 Å². The third-order valence-electron chi connectivity index (χ3n) is 7.65. The molecule has 0 saturated heterocycles. The van der Waals surface area contributed by atoms with Gasteiger partial charge in [-0.25, -0.2) is 4.68 Å². The molecule has 3 aromatic carbocycles. The fraction of sp³-hybridized carbons (Fsp3) is 0.273. The van der Waals surface area contributed by atoms with Gasteiger partial charge >= 0.3 is 0 Å². The summed E-state index contributed by atoms with van der Waals surface area (Å²) in [4.78, 5) is 33.5. The summed E-state index contributed by atoms with van der Waals surface area (Å²) < 4.78 is 7.77. The Balaban J connectivity index is 1.34. The second-order valence-corrected chi connectivity index (χ2v) is 17.7. The number of aryl methyl sites for hydroxylation is 1. The Bertz CT molecular complexity index is 1750. The molecule has 0 saturated carbocycles. The van der Waals surface area contributed by atoms with Crippen LogP contribution in [0, 0.1) is 6.92 Å². The lowest BCUT2D eigenvalue weighted by molar-refractivity contribution is 0.0578. The first-order chi connectivity index (χ1) is 19.7. The maximum Gasteiger partial charge on any atom is 0.262 e. The van der Waals surface area contributed by atoms with E-state index in [1.54, 1.807) is 24.3 Å². The normalized spacial score (nSPS) is 14.3. The summed E-state index contributed by atoms with van der Waals surface area (Å²) in [6.45, 7) is 10.2. The predicted octanol–water partition coefficient (Wildman–Crippen LogP) is 6.79. The van der Waals surface area contributed by atoms with E-state index in [-0.39, 0.29) is 11.8 Å². The fourth-order valence-corrected chi connectivity index (χ4v) is 6.22. The van der Waals surface area contributed by atoms with Crippen molar-refractivity contribution >= 4 is 41.7 Å². The van der Waals surface area contributed by atoms with Gasteiger partial charge in [0.1, 0.15) is 6.73 Å². The molecule has 6 rings (SSSR count). The molecular formula is C33H34N4O3Si. The van der Waals surface area contributed by atoms with Gasteiger partial charge in [-0.05, 0) is 60.8 Å². The van der Waals surface area contributed by atoms with Crippen LogP contribution in [0.1, 0.15) is 43.6 Å². The molecule has 1 unspecified atom stereocenters.